The summed E-state index contributed by atoms with van der Waals surface area (Å²) in [5.74, 6) is 0.0836. The van der Waals surface area contributed by atoms with Gasteiger partial charge in [-0.3, -0.25) is 4.79 Å². The smallest absolute Gasteiger partial charge is 0.254 e. The number of nitrogens with zero attached hydrogens (tertiary/aromatic N) is 1. The molecule has 1 atom stereocenters. The summed E-state index contributed by atoms with van der Waals surface area (Å²) in [6, 6.07) is 7.69. The second kappa shape index (κ2) is 5.98. The van der Waals surface area contributed by atoms with Crippen LogP contribution in [0.5, 0.6) is 0 Å². The largest absolute Gasteiger partial charge is 0.374 e. The SMILES string of the molecule is Cc1ccc(C(=O)N2CCOC(CCN)C2)cc1. The van der Waals surface area contributed by atoms with Gasteiger partial charge < -0.3 is 15.4 Å². The van der Waals surface area contributed by atoms with Crippen LogP contribution in [0.3, 0.4) is 0 Å². The molecule has 1 aliphatic rings. The number of hydrogen-bond donors (Lipinski definition) is 1. The first-order valence-corrected chi connectivity index (χ1v) is 6.38. The van der Waals surface area contributed by atoms with Crippen LogP contribution in [-0.4, -0.2) is 43.2 Å². The monoisotopic (exact) mass is 248 g/mol. The predicted octanol–water partition coefficient (Wildman–Crippen LogP) is 1.18. The molecule has 1 unspecified atom stereocenters. The normalized spacial score (nSPS) is 19.9. The Hall–Kier alpha value is -1.39. The van der Waals surface area contributed by atoms with Crippen LogP contribution in [0.4, 0.5) is 0 Å². The molecular weight excluding hydrogens is 228 g/mol. The summed E-state index contributed by atoms with van der Waals surface area (Å²) in [7, 11) is 0. The number of nitrogens with two attached hydrogens (primary N) is 1. The maximum atomic E-state index is 12.3. The Morgan fingerprint density at radius 1 is 1.44 bits per heavy atom. The highest BCUT2D eigenvalue weighted by atomic mass is 16.5. The second-order valence-corrected chi connectivity index (χ2v) is 4.69. The summed E-state index contributed by atoms with van der Waals surface area (Å²) in [6.07, 6.45) is 0.885. The van der Waals surface area contributed by atoms with Gasteiger partial charge in [0.1, 0.15) is 0 Å². The molecule has 1 heterocycles. The number of carbonyl (C=O) groups is 1. The second-order valence-electron chi connectivity index (χ2n) is 4.69. The number of benzene rings is 1. The number of aryl methyl sites for hydroxylation is 1. The van der Waals surface area contributed by atoms with Crippen LogP contribution in [0.2, 0.25) is 0 Å². The molecule has 1 fully saturated rings. The molecule has 1 amide bonds. The van der Waals surface area contributed by atoms with Crippen molar-refractivity contribution in [2.75, 3.05) is 26.2 Å². The fourth-order valence-corrected chi connectivity index (χ4v) is 2.14. The zero-order valence-electron chi connectivity index (χ0n) is 10.8. The molecule has 1 aromatic rings. The number of amides is 1. The lowest BCUT2D eigenvalue weighted by molar-refractivity contribution is -0.0236. The minimum atomic E-state index is 0.0816. The van der Waals surface area contributed by atoms with Crippen molar-refractivity contribution in [3.63, 3.8) is 0 Å². The Balaban J connectivity index is 2.02. The minimum Gasteiger partial charge on any atom is -0.374 e. The van der Waals surface area contributed by atoms with Gasteiger partial charge in [-0.25, -0.2) is 0 Å². The van der Waals surface area contributed by atoms with Crippen molar-refractivity contribution >= 4 is 5.91 Å². The van der Waals surface area contributed by atoms with Crippen LogP contribution in [0.25, 0.3) is 0 Å². The number of morpholine rings is 1. The van der Waals surface area contributed by atoms with Crippen LogP contribution >= 0.6 is 0 Å². The summed E-state index contributed by atoms with van der Waals surface area (Å²) in [5.41, 5.74) is 7.43. The van der Waals surface area contributed by atoms with Crippen LogP contribution in [0, 0.1) is 6.92 Å². The van der Waals surface area contributed by atoms with E-state index in [1.54, 1.807) is 0 Å². The topological polar surface area (TPSA) is 55.6 Å². The fraction of sp³-hybridized carbons (Fsp3) is 0.500. The van der Waals surface area contributed by atoms with Gasteiger partial charge in [-0.05, 0) is 32.0 Å². The molecular formula is C14H20N2O2. The lowest BCUT2D eigenvalue weighted by Gasteiger charge is -2.33. The molecule has 0 bridgehead atoms. The molecule has 0 aliphatic carbocycles. The summed E-state index contributed by atoms with van der Waals surface area (Å²) in [6.45, 7) is 4.51. The summed E-state index contributed by atoms with van der Waals surface area (Å²) in [4.78, 5) is 14.2. The van der Waals surface area contributed by atoms with Gasteiger partial charge in [0.2, 0.25) is 0 Å². The third-order valence-electron chi connectivity index (χ3n) is 3.21. The van der Waals surface area contributed by atoms with Gasteiger partial charge in [0, 0.05) is 18.7 Å². The van der Waals surface area contributed by atoms with Crippen molar-refractivity contribution < 1.29 is 9.53 Å². The number of ether oxygens (including phenoxy) is 1. The summed E-state index contributed by atoms with van der Waals surface area (Å²) in [5, 5.41) is 0. The van der Waals surface area contributed by atoms with Gasteiger partial charge in [0.15, 0.2) is 0 Å². The zero-order chi connectivity index (χ0) is 13.0. The first kappa shape index (κ1) is 13.1. The van der Waals surface area contributed by atoms with E-state index in [2.05, 4.69) is 0 Å². The third kappa shape index (κ3) is 3.09. The minimum absolute atomic E-state index is 0.0816. The molecule has 0 spiro atoms. The van der Waals surface area contributed by atoms with Gasteiger partial charge in [-0.15, -0.1) is 0 Å². The van der Waals surface area contributed by atoms with Crippen molar-refractivity contribution in [2.45, 2.75) is 19.4 Å². The van der Waals surface area contributed by atoms with Gasteiger partial charge >= 0.3 is 0 Å². The average molecular weight is 248 g/mol. The van der Waals surface area contributed by atoms with Gasteiger partial charge in [-0.2, -0.15) is 0 Å². The lowest BCUT2D eigenvalue weighted by atomic mass is 10.1. The average Bonchev–Trinajstić information content (AvgIpc) is 2.39. The molecule has 2 N–H and O–H groups in total. The van der Waals surface area contributed by atoms with Crippen LogP contribution in [0.15, 0.2) is 24.3 Å². The van der Waals surface area contributed by atoms with Crippen molar-refractivity contribution in [1.29, 1.82) is 0 Å². The molecule has 0 aromatic heterocycles. The Bertz CT molecular complexity index is 401. The van der Waals surface area contributed by atoms with Crippen molar-refractivity contribution in [2.24, 2.45) is 5.73 Å². The fourth-order valence-electron chi connectivity index (χ4n) is 2.14. The molecule has 1 saturated heterocycles. The Morgan fingerprint density at radius 2 is 2.17 bits per heavy atom. The van der Waals surface area contributed by atoms with E-state index < -0.39 is 0 Å². The van der Waals surface area contributed by atoms with Crippen LogP contribution in [0.1, 0.15) is 22.3 Å². The van der Waals surface area contributed by atoms with E-state index in [1.165, 1.54) is 0 Å². The van der Waals surface area contributed by atoms with Gasteiger partial charge in [0.05, 0.1) is 12.7 Å². The first-order valence-electron chi connectivity index (χ1n) is 6.38. The number of rotatable bonds is 3. The highest BCUT2D eigenvalue weighted by molar-refractivity contribution is 5.94. The van der Waals surface area contributed by atoms with Crippen molar-refractivity contribution in [3.05, 3.63) is 35.4 Å². The number of hydrogen-bond acceptors (Lipinski definition) is 3. The van der Waals surface area contributed by atoms with Gasteiger partial charge in [-0.1, -0.05) is 17.7 Å². The van der Waals surface area contributed by atoms with E-state index >= 15 is 0 Å². The highest BCUT2D eigenvalue weighted by Crippen LogP contribution is 2.13. The molecule has 1 aliphatic heterocycles. The van der Waals surface area contributed by atoms with Crippen LogP contribution < -0.4 is 5.73 Å². The van der Waals surface area contributed by atoms with E-state index in [1.807, 2.05) is 36.1 Å². The maximum Gasteiger partial charge on any atom is 0.254 e. The van der Waals surface area contributed by atoms with Crippen molar-refractivity contribution in [1.82, 2.24) is 4.90 Å². The Kier molecular flexibility index (Phi) is 4.33. The van der Waals surface area contributed by atoms with E-state index in [0.29, 0.717) is 26.2 Å². The molecule has 18 heavy (non-hydrogen) atoms. The quantitative estimate of drug-likeness (QED) is 0.874. The van der Waals surface area contributed by atoms with Gasteiger partial charge in [0.25, 0.3) is 5.91 Å². The zero-order valence-corrected chi connectivity index (χ0v) is 10.8. The summed E-state index contributed by atoms with van der Waals surface area (Å²) >= 11 is 0. The Morgan fingerprint density at radius 3 is 2.83 bits per heavy atom. The third-order valence-corrected chi connectivity index (χ3v) is 3.21. The lowest BCUT2D eigenvalue weighted by Crippen LogP contribution is -2.46. The molecule has 2 rings (SSSR count). The number of carbonyl (C=O) groups excluding carboxylic acids is 1. The van der Waals surface area contributed by atoms with E-state index in [-0.39, 0.29) is 12.0 Å². The molecule has 0 saturated carbocycles. The van der Waals surface area contributed by atoms with Crippen molar-refractivity contribution in [3.8, 4) is 0 Å². The Labute approximate surface area is 108 Å². The maximum absolute atomic E-state index is 12.3. The van der Waals surface area contributed by atoms with E-state index in [0.717, 1.165) is 17.5 Å². The van der Waals surface area contributed by atoms with E-state index in [9.17, 15) is 4.79 Å². The molecule has 4 nitrogen and oxygen atoms in total. The highest BCUT2D eigenvalue weighted by Gasteiger charge is 2.24. The first-order chi connectivity index (χ1) is 8.70. The molecule has 0 radical (unpaired) electrons. The molecule has 1 aromatic carbocycles. The molecule has 98 valence electrons. The standard InChI is InChI=1S/C14H20N2O2/c1-11-2-4-12(5-3-11)14(17)16-8-9-18-13(10-16)6-7-15/h2-5,13H,6-10,15H2,1H3. The molecule has 4 heteroatoms. The summed E-state index contributed by atoms with van der Waals surface area (Å²) < 4.78 is 5.58. The van der Waals surface area contributed by atoms with E-state index in [4.69, 9.17) is 10.5 Å². The predicted molar refractivity (Wildman–Crippen MR) is 70.5 cm³/mol. The van der Waals surface area contributed by atoms with Crippen LogP contribution in [-0.2, 0) is 4.74 Å².